The fraction of sp³-hybridized carbons (Fsp3) is 0.0164. The molecule has 1 aliphatic rings. The summed E-state index contributed by atoms with van der Waals surface area (Å²) in [5.41, 5.74) is 18.8. The molecular weight excluding hydrogens is 761 g/mol. The van der Waals surface area contributed by atoms with Gasteiger partial charge in [0, 0.05) is 33.5 Å². The summed E-state index contributed by atoms with van der Waals surface area (Å²) in [6, 6.07) is 93.2. The molecule has 1 heterocycles. The predicted molar refractivity (Wildman–Crippen MR) is 264 cm³/mol. The molecule has 2 nitrogen and oxygen atoms in total. The van der Waals surface area contributed by atoms with Crippen molar-refractivity contribution < 1.29 is 0 Å². The molecule has 0 fully saturated rings. The number of hydrogen-bond acceptors (Lipinski definition) is 1. The second-order valence-corrected chi connectivity index (χ2v) is 16.5. The van der Waals surface area contributed by atoms with Crippen molar-refractivity contribution in [2.45, 2.75) is 5.41 Å². The first-order valence-electron chi connectivity index (χ1n) is 21.8. The molecule has 0 amide bonds. The molecule has 0 radical (unpaired) electrons. The summed E-state index contributed by atoms with van der Waals surface area (Å²) in [6.45, 7) is 0. The number of aromatic nitrogens is 1. The lowest BCUT2D eigenvalue weighted by atomic mass is 9.68. The van der Waals surface area contributed by atoms with Crippen LogP contribution in [0.25, 0.3) is 60.9 Å². The molecule has 0 saturated heterocycles. The molecule has 0 bridgehead atoms. The Morgan fingerprint density at radius 3 is 1.57 bits per heavy atom. The summed E-state index contributed by atoms with van der Waals surface area (Å²) in [4.78, 5) is 2.40. The van der Waals surface area contributed by atoms with Gasteiger partial charge in [-0.15, -0.1) is 0 Å². The third kappa shape index (κ3) is 5.95. The average Bonchev–Trinajstić information content (AvgIpc) is 3.85. The lowest BCUT2D eigenvalue weighted by Gasteiger charge is -2.34. The lowest BCUT2D eigenvalue weighted by Crippen LogP contribution is -2.28. The zero-order chi connectivity index (χ0) is 41.7. The summed E-state index contributed by atoms with van der Waals surface area (Å²) in [5, 5.41) is 2.49. The fourth-order valence-electron chi connectivity index (χ4n) is 10.3. The van der Waals surface area contributed by atoms with E-state index in [1.807, 2.05) is 0 Å². The van der Waals surface area contributed by atoms with Gasteiger partial charge in [-0.2, -0.15) is 0 Å². The van der Waals surface area contributed by atoms with E-state index in [-0.39, 0.29) is 0 Å². The second-order valence-electron chi connectivity index (χ2n) is 16.5. The quantitative estimate of drug-likeness (QED) is 0.149. The average molecular weight is 803 g/mol. The highest BCUT2D eigenvalue weighted by Crippen LogP contribution is 2.57. The van der Waals surface area contributed by atoms with Crippen LogP contribution in [0.2, 0.25) is 0 Å². The van der Waals surface area contributed by atoms with E-state index in [1.165, 1.54) is 71.9 Å². The minimum atomic E-state index is -0.449. The Morgan fingerprint density at radius 2 is 0.825 bits per heavy atom. The smallest absolute Gasteiger partial charge is 0.0713 e. The van der Waals surface area contributed by atoms with E-state index in [4.69, 9.17) is 0 Å². The maximum atomic E-state index is 2.41. The van der Waals surface area contributed by atoms with Crippen molar-refractivity contribution in [1.29, 1.82) is 0 Å². The van der Waals surface area contributed by atoms with Gasteiger partial charge in [-0.25, -0.2) is 0 Å². The van der Waals surface area contributed by atoms with Gasteiger partial charge in [-0.3, -0.25) is 0 Å². The second kappa shape index (κ2) is 15.1. The van der Waals surface area contributed by atoms with Crippen molar-refractivity contribution in [3.63, 3.8) is 0 Å². The number of anilines is 3. The number of benzene rings is 10. The largest absolute Gasteiger partial charge is 0.310 e. The SMILES string of the molecule is c1ccc(-c2ccc(-n3c4ccccc4c4ccc(-c5cccc(N(c6ccccc6)c6ccc7c(c6)-c6ccccc6C7(c6ccccc6)c6ccccc6)c5)cc43)cc2)cc1. The minimum Gasteiger partial charge on any atom is -0.310 e. The van der Waals surface area contributed by atoms with Gasteiger partial charge < -0.3 is 9.47 Å². The lowest BCUT2D eigenvalue weighted by molar-refractivity contribution is 0.768. The minimum absolute atomic E-state index is 0.449. The number of fused-ring (bicyclic) bond motifs is 6. The van der Waals surface area contributed by atoms with Crippen LogP contribution < -0.4 is 4.90 Å². The molecule has 1 aliphatic carbocycles. The summed E-state index contributed by atoms with van der Waals surface area (Å²) < 4.78 is 2.41. The van der Waals surface area contributed by atoms with E-state index in [0.717, 1.165) is 28.3 Å². The van der Waals surface area contributed by atoms with Crippen LogP contribution in [0.5, 0.6) is 0 Å². The molecule has 0 aliphatic heterocycles. The van der Waals surface area contributed by atoms with Gasteiger partial charge in [0.25, 0.3) is 0 Å². The molecule has 12 rings (SSSR count). The topological polar surface area (TPSA) is 8.17 Å². The molecule has 0 atom stereocenters. The van der Waals surface area contributed by atoms with E-state index in [1.54, 1.807) is 0 Å². The van der Waals surface area contributed by atoms with E-state index in [0.29, 0.717) is 0 Å². The van der Waals surface area contributed by atoms with Crippen molar-refractivity contribution in [3.8, 4) is 39.1 Å². The number of para-hydroxylation sites is 2. The van der Waals surface area contributed by atoms with Crippen LogP contribution in [0.3, 0.4) is 0 Å². The maximum absolute atomic E-state index is 2.41. The van der Waals surface area contributed by atoms with Crippen molar-refractivity contribution >= 4 is 38.9 Å². The summed E-state index contributed by atoms with van der Waals surface area (Å²) >= 11 is 0. The zero-order valence-corrected chi connectivity index (χ0v) is 34.6. The monoisotopic (exact) mass is 802 g/mol. The molecule has 1 aromatic heterocycles. The summed E-state index contributed by atoms with van der Waals surface area (Å²) in [7, 11) is 0. The summed E-state index contributed by atoms with van der Waals surface area (Å²) in [6.07, 6.45) is 0. The Morgan fingerprint density at radius 1 is 0.302 bits per heavy atom. The third-order valence-corrected chi connectivity index (χ3v) is 13.1. The van der Waals surface area contributed by atoms with Crippen LogP contribution in [0, 0.1) is 0 Å². The van der Waals surface area contributed by atoms with Crippen LogP contribution in [-0.2, 0) is 5.41 Å². The Hall–Kier alpha value is -8.20. The molecule has 0 spiro atoms. The normalized spacial score (nSPS) is 12.6. The standard InChI is InChI=1S/C61H42N2/c1-5-18-43(19-6-1)44-32-35-50(36-33-44)63-59-31-16-14-29-54(59)55-38-34-46(41-60(55)63)45-20-17-27-51(40-45)62(49-25-11-4-12-26-49)52-37-39-58-56(42-52)53-28-13-15-30-57(53)61(58,47-21-7-2-8-22-47)48-23-9-3-10-24-48/h1-42H. The van der Waals surface area contributed by atoms with Crippen LogP contribution in [0.4, 0.5) is 17.1 Å². The van der Waals surface area contributed by atoms with Gasteiger partial charge in [0.05, 0.1) is 16.4 Å². The molecule has 296 valence electrons. The van der Waals surface area contributed by atoms with Crippen LogP contribution in [-0.4, -0.2) is 4.57 Å². The molecular formula is C61H42N2. The summed E-state index contributed by atoms with van der Waals surface area (Å²) in [5.74, 6) is 0. The number of hydrogen-bond donors (Lipinski definition) is 0. The zero-order valence-electron chi connectivity index (χ0n) is 34.6. The Kier molecular flexibility index (Phi) is 8.76. The first kappa shape index (κ1) is 36.6. The first-order valence-corrected chi connectivity index (χ1v) is 21.8. The molecule has 63 heavy (non-hydrogen) atoms. The van der Waals surface area contributed by atoms with Gasteiger partial charge in [0.2, 0.25) is 0 Å². The first-order chi connectivity index (χ1) is 31.3. The van der Waals surface area contributed by atoms with E-state index < -0.39 is 5.41 Å². The molecule has 2 heteroatoms. The van der Waals surface area contributed by atoms with Crippen molar-refractivity contribution in [3.05, 3.63) is 277 Å². The highest BCUT2D eigenvalue weighted by Gasteiger charge is 2.46. The predicted octanol–water partition coefficient (Wildman–Crippen LogP) is 16.0. The Labute approximate surface area is 368 Å². The Bertz CT molecular complexity index is 3380. The molecule has 10 aromatic carbocycles. The third-order valence-electron chi connectivity index (χ3n) is 13.1. The van der Waals surface area contributed by atoms with Crippen LogP contribution >= 0.6 is 0 Å². The molecule has 0 unspecified atom stereocenters. The van der Waals surface area contributed by atoms with Gasteiger partial charge in [-0.05, 0) is 116 Å². The van der Waals surface area contributed by atoms with Gasteiger partial charge in [0.15, 0.2) is 0 Å². The van der Waals surface area contributed by atoms with Gasteiger partial charge in [-0.1, -0.05) is 194 Å². The molecule has 0 N–H and O–H groups in total. The van der Waals surface area contributed by atoms with Crippen molar-refractivity contribution in [2.24, 2.45) is 0 Å². The van der Waals surface area contributed by atoms with E-state index in [2.05, 4.69) is 264 Å². The van der Waals surface area contributed by atoms with E-state index >= 15 is 0 Å². The van der Waals surface area contributed by atoms with Gasteiger partial charge in [0.1, 0.15) is 0 Å². The van der Waals surface area contributed by atoms with E-state index in [9.17, 15) is 0 Å². The molecule has 0 saturated carbocycles. The van der Waals surface area contributed by atoms with Crippen molar-refractivity contribution in [1.82, 2.24) is 4.57 Å². The number of rotatable bonds is 8. The Balaban J connectivity index is 0.998. The number of nitrogens with zero attached hydrogens (tertiary/aromatic N) is 2. The van der Waals surface area contributed by atoms with Crippen molar-refractivity contribution in [2.75, 3.05) is 4.90 Å². The fourth-order valence-corrected chi connectivity index (χ4v) is 10.3. The highest BCUT2D eigenvalue weighted by atomic mass is 15.1. The van der Waals surface area contributed by atoms with Gasteiger partial charge >= 0.3 is 0 Å². The van der Waals surface area contributed by atoms with Crippen LogP contribution in [0.15, 0.2) is 255 Å². The maximum Gasteiger partial charge on any atom is 0.0713 e. The highest BCUT2D eigenvalue weighted by molar-refractivity contribution is 6.10. The van der Waals surface area contributed by atoms with Crippen LogP contribution in [0.1, 0.15) is 22.3 Å². The molecule has 11 aromatic rings.